The minimum Gasteiger partial charge on any atom is -0.444 e. The summed E-state index contributed by atoms with van der Waals surface area (Å²) in [5.74, 6) is -0.0606. The zero-order valence-electron chi connectivity index (χ0n) is 11.7. The number of carbonyl (C=O) groups excluding carboxylic acids is 1. The van der Waals surface area contributed by atoms with Gasteiger partial charge in [-0.1, -0.05) is 6.92 Å². The van der Waals surface area contributed by atoms with Gasteiger partial charge in [-0.2, -0.15) is 13.2 Å². The van der Waals surface area contributed by atoms with Crippen LogP contribution in [0.25, 0.3) is 11.3 Å². The molecule has 3 rings (SSSR count). The minimum absolute atomic E-state index is 0.0966. The van der Waals surface area contributed by atoms with Gasteiger partial charge in [-0.3, -0.25) is 4.79 Å². The number of amides is 1. The molecule has 1 N–H and O–H groups in total. The Morgan fingerprint density at radius 1 is 1.32 bits per heavy atom. The minimum atomic E-state index is -4.51. The highest BCUT2D eigenvalue weighted by Crippen LogP contribution is 2.46. The third-order valence-electron chi connectivity index (χ3n) is 3.78. The first kappa shape index (κ1) is 14.6. The predicted octanol–water partition coefficient (Wildman–Crippen LogP) is 4.10. The SMILES string of the molecule is CC1(C(=O)Nc2cc(-c3cnco3)cc(C(F)(F)F)c2)CC1. The van der Waals surface area contributed by atoms with Gasteiger partial charge in [0, 0.05) is 16.7 Å². The number of nitrogens with zero attached hydrogens (tertiary/aromatic N) is 1. The quantitative estimate of drug-likeness (QED) is 0.928. The molecule has 1 saturated carbocycles. The van der Waals surface area contributed by atoms with E-state index in [-0.39, 0.29) is 22.9 Å². The number of carbonyl (C=O) groups is 1. The molecule has 1 aliphatic carbocycles. The van der Waals surface area contributed by atoms with Crippen LogP contribution in [-0.4, -0.2) is 10.9 Å². The molecule has 116 valence electrons. The topological polar surface area (TPSA) is 55.1 Å². The Morgan fingerprint density at radius 2 is 2.05 bits per heavy atom. The summed E-state index contributed by atoms with van der Waals surface area (Å²) in [5, 5.41) is 2.56. The highest BCUT2D eigenvalue weighted by molar-refractivity contribution is 5.97. The number of nitrogens with one attached hydrogen (secondary N) is 1. The smallest absolute Gasteiger partial charge is 0.416 e. The number of halogens is 3. The Morgan fingerprint density at radius 3 is 2.59 bits per heavy atom. The molecule has 1 fully saturated rings. The fourth-order valence-corrected chi connectivity index (χ4v) is 2.06. The molecule has 7 heteroatoms. The van der Waals surface area contributed by atoms with Crippen molar-refractivity contribution in [2.75, 3.05) is 5.32 Å². The van der Waals surface area contributed by atoms with Crippen LogP contribution in [0.2, 0.25) is 0 Å². The lowest BCUT2D eigenvalue weighted by Crippen LogP contribution is -2.21. The fraction of sp³-hybridized carbons (Fsp3) is 0.333. The van der Waals surface area contributed by atoms with Crippen LogP contribution in [0.3, 0.4) is 0 Å². The average molecular weight is 310 g/mol. The summed E-state index contributed by atoms with van der Waals surface area (Å²) >= 11 is 0. The third-order valence-corrected chi connectivity index (χ3v) is 3.78. The number of aromatic nitrogens is 1. The molecule has 0 bridgehead atoms. The molecule has 1 amide bonds. The van der Waals surface area contributed by atoms with E-state index >= 15 is 0 Å². The largest absolute Gasteiger partial charge is 0.444 e. The Kier molecular flexibility index (Phi) is 3.23. The number of alkyl halides is 3. The van der Waals surface area contributed by atoms with Crippen LogP contribution in [0.4, 0.5) is 18.9 Å². The van der Waals surface area contributed by atoms with E-state index in [1.807, 2.05) is 0 Å². The van der Waals surface area contributed by atoms with Gasteiger partial charge < -0.3 is 9.73 Å². The molecular weight excluding hydrogens is 297 g/mol. The summed E-state index contributed by atoms with van der Waals surface area (Å²) in [5.41, 5.74) is -1.01. The first-order valence-electron chi connectivity index (χ1n) is 6.71. The highest BCUT2D eigenvalue weighted by atomic mass is 19.4. The number of rotatable bonds is 3. The normalized spacial score (nSPS) is 16.4. The van der Waals surface area contributed by atoms with Crippen molar-refractivity contribution in [1.29, 1.82) is 0 Å². The zero-order chi connectivity index (χ0) is 16.0. The second kappa shape index (κ2) is 4.86. The summed E-state index contributed by atoms with van der Waals surface area (Å²) in [6, 6.07) is 3.33. The number of oxazole rings is 1. The number of benzene rings is 1. The van der Waals surface area contributed by atoms with Crippen LogP contribution >= 0.6 is 0 Å². The maximum Gasteiger partial charge on any atom is 0.416 e. The zero-order valence-corrected chi connectivity index (χ0v) is 11.7. The van der Waals surface area contributed by atoms with Gasteiger partial charge in [-0.25, -0.2) is 4.98 Å². The van der Waals surface area contributed by atoms with Gasteiger partial charge in [-0.05, 0) is 31.0 Å². The lowest BCUT2D eigenvalue weighted by molar-refractivity contribution is -0.137. The van der Waals surface area contributed by atoms with E-state index in [2.05, 4.69) is 10.3 Å². The van der Waals surface area contributed by atoms with Crippen molar-refractivity contribution in [3.05, 3.63) is 36.4 Å². The van der Waals surface area contributed by atoms with Crippen LogP contribution in [0.5, 0.6) is 0 Å². The number of hydrogen-bond donors (Lipinski definition) is 1. The van der Waals surface area contributed by atoms with Crippen molar-refractivity contribution in [2.45, 2.75) is 25.9 Å². The van der Waals surface area contributed by atoms with Crippen molar-refractivity contribution >= 4 is 11.6 Å². The van der Waals surface area contributed by atoms with Gasteiger partial charge in [-0.15, -0.1) is 0 Å². The lowest BCUT2D eigenvalue weighted by atomic mass is 10.1. The maximum absolute atomic E-state index is 13.0. The Hall–Kier alpha value is -2.31. The van der Waals surface area contributed by atoms with Crippen molar-refractivity contribution in [3.8, 4) is 11.3 Å². The van der Waals surface area contributed by atoms with Gasteiger partial charge in [0.1, 0.15) is 0 Å². The Labute approximate surface area is 124 Å². The van der Waals surface area contributed by atoms with Gasteiger partial charge in [0.25, 0.3) is 0 Å². The van der Waals surface area contributed by atoms with Gasteiger partial charge in [0.15, 0.2) is 12.2 Å². The first-order chi connectivity index (χ1) is 10.3. The van der Waals surface area contributed by atoms with Crippen molar-refractivity contribution in [1.82, 2.24) is 4.98 Å². The number of anilines is 1. The summed E-state index contributed by atoms with van der Waals surface area (Å²) in [4.78, 5) is 15.7. The molecule has 0 spiro atoms. The molecular formula is C15H13F3N2O2. The third kappa shape index (κ3) is 2.84. The van der Waals surface area contributed by atoms with E-state index < -0.39 is 17.2 Å². The van der Waals surface area contributed by atoms with Crippen LogP contribution < -0.4 is 5.32 Å². The second-order valence-corrected chi connectivity index (χ2v) is 5.68. The lowest BCUT2D eigenvalue weighted by Gasteiger charge is -2.14. The molecule has 0 saturated heterocycles. The molecule has 1 aromatic heterocycles. The predicted molar refractivity (Wildman–Crippen MR) is 72.9 cm³/mol. The van der Waals surface area contributed by atoms with E-state index in [9.17, 15) is 18.0 Å². The molecule has 1 heterocycles. The molecule has 4 nitrogen and oxygen atoms in total. The molecule has 1 aromatic carbocycles. The van der Waals surface area contributed by atoms with E-state index in [0.29, 0.717) is 0 Å². The molecule has 0 radical (unpaired) electrons. The van der Waals surface area contributed by atoms with E-state index in [1.165, 1.54) is 12.3 Å². The van der Waals surface area contributed by atoms with Crippen LogP contribution in [0.1, 0.15) is 25.3 Å². The van der Waals surface area contributed by atoms with E-state index in [0.717, 1.165) is 31.4 Å². The molecule has 22 heavy (non-hydrogen) atoms. The summed E-state index contributed by atoms with van der Waals surface area (Å²) in [7, 11) is 0. The summed E-state index contributed by atoms with van der Waals surface area (Å²) in [6.45, 7) is 1.79. The first-order valence-corrected chi connectivity index (χ1v) is 6.71. The van der Waals surface area contributed by atoms with Gasteiger partial charge in [0.2, 0.25) is 5.91 Å². The maximum atomic E-state index is 13.0. The monoisotopic (exact) mass is 310 g/mol. The Balaban J connectivity index is 1.98. The molecule has 0 atom stereocenters. The molecule has 0 aliphatic heterocycles. The van der Waals surface area contributed by atoms with Crippen LogP contribution in [0.15, 0.2) is 35.2 Å². The van der Waals surface area contributed by atoms with Gasteiger partial charge >= 0.3 is 6.18 Å². The fourth-order valence-electron chi connectivity index (χ4n) is 2.06. The van der Waals surface area contributed by atoms with Crippen molar-refractivity contribution in [2.24, 2.45) is 5.41 Å². The molecule has 0 unspecified atom stereocenters. The summed E-state index contributed by atoms with van der Waals surface area (Å²) in [6.07, 6.45) is -0.569. The second-order valence-electron chi connectivity index (χ2n) is 5.68. The van der Waals surface area contributed by atoms with Crippen LogP contribution in [-0.2, 0) is 11.0 Å². The van der Waals surface area contributed by atoms with Crippen molar-refractivity contribution in [3.63, 3.8) is 0 Å². The summed E-state index contributed by atoms with van der Waals surface area (Å²) < 4.78 is 44.1. The van der Waals surface area contributed by atoms with Crippen LogP contribution in [0, 0.1) is 5.41 Å². The van der Waals surface area contributed by atoms with E-state index in [1.54, 1.807) is 6.92 Å². The highest BCUT2D eigenvalue weighted by Gasteiger charge is 2.45. The van der Waals surface area contributed by atoms with Crippen molar-refractivity contribution < 1.29 is 22.4 Å². The molecule has 2 aromatic rings. The number of hydrogen-bond acceptors (Lipinski definition) is 3. The van der Waals surface area contributed by atoms with E-state index in [4.69, 9.17) is 4.42 Å². The van der Waals surface area contributed by atoms with Gasteiger partial charge in [0.05, 0.1) is 11.8 Å². The Bertz CT molecular complexity index is 704. The standard InChI is InChI=1S/C15H13F3N2O2/c1-14(2-3-14)13(21)20-11-5-9(12-7-19-8-22-12)4-10(6-11)15(16,17)18/h4-8H,2-3H2,1H3,(H,20,21). The average Bonchev–Trinajstić information content (AvgIpc) is 3.00. The molecule has 1 aliphatic rings.